The van der Waals surface area contributed by atoms with Crippen molar-refractivity contribution in [3.05, 3.63) is 29.8 Å². The van der Waals surface area contributed by atoms with Gasteiger partial charge in [0.15, 0.2) is 0 Å². The second-order valence-electron chi connectivity index (χ2n) is 5.61. The molecular formula is C15H22N2O2S. The maximum absolute atomic E-state index is 12.1. The van der Waals surface area contributed by atoms with Gasteiger partial charge in [0.25, 0.3) is 0 Å². The van der Waals surface area contributed by atoms with Gasteiger partial charge in [-0.15, -0.1) is 11.8 Å². The van der Waals surface area contributed by atoms with E-state index in [4.69, 9.17) is 0 Å². The molecule has 0 aliphatic carbocycles. The van der Waals surface area contributed by atoms with Crippen LogP contribution in [0.15, 0.2) is 29.2 Å². The average molecular weight is 294 g/mol. The van der Waals surface area contributed by atoms with E-state index < -0.39 is 5.60 Å². The summed E-state index contributed by atoms with van der Waals surface area (Å²) in [6, 6.07) is 8.05. The van der Waals surface area contributed by atoms with Gasteiger partial charge < -0.3 is 15.3 Å². The molecule has 0 unspecified atom stereocenters. The number of nitrogens with zero attached hydrogens (tertiary/aromatic N) is 1. The van der Waals surface area contributed by atoms with Crippen LogP contribution < -0.4 is 5.32 Å². The first-order chi connectivity index (χ1) is 9.41. The lowest BCUT2D eigenvalue weighted by Gasteiger charge is -2.22. The molecule has 2 rings (SSSR count). The summed E-state index contributed by atoms with van der Waals surface area (Å²) in [5, 5.41) is 12.9. The van der Waals surface area contributed by atoms with Crippen molar-refractivity contribution in [2.45, 2.75) is 36.8 Å². The fourth-order valence-corrected chi connectivity index (χ4v) is 2.78. The first-order valence-electron chi connectivity index (χ1n) is 6.83. The third-order valence-corrected chi connectivity index (χ3v) is 4.44. The molecule has 1 aliphatic heterocycles. The van der Waals surface area contributed by atoms with Crippen LogP contribution >= 0.6 is 11.8 Å². The Kier molecular flexibility index (Phi) is 4.60. The molecule has 0 radical (unpaired) electrons. The molecule has 0 spiro atoms. The molecule has 1 aliphatic rings. The molecule has 5 heteroatoms. The molecule has 0 bridgehead atoms. The number of urea groups is 1. The molecule has 2 N–H and O–H groups in total. The third kappa shape index (κ3) is 3.67. The number of thioether (sulfide) groups is 1. The number of rotatable bonds is 3. The highest BCUT2D eigenvalue weighted by Crippen LogP contribution is 2.22. The lowest BCUT2D eigenvalue weighted by Crippen LogP contribution is -2.41. The van der Waals surface area contributed by atoms with Crippen molar-refractivity contribution in [3.63, 3.8) is 0 Å². The Balaban J connectivity index is 1.93. The van der Waals surface area contributed by atoms with E-state index in [0.717, 1.165) is 5.56 Å². The Morgan fingerprint density at radius 3 is 2.60 bits per heavy atom. The summed E-state index contributed by atoms with van der Waals surface area (Å²) in [7, 11) is 0. The predicted octanol–water partition coefficient (Wildman–Crippen LogP) is 2.64. The summed E-state index contributed by atoms with van der Waals surface area (Å²) in [5.74, 6) is 0. The van der Waals surface area contributed by atoms with Crippen LogP contribution in [-0.2, 0) is 0 Å². The molecule has 110 valence electrons. The Morgan fingerprint density at radius 1 is 1.45 bits per heavy atom. The van der Waals surface area contributed by atoms with Crippen molar-refractivity contribution in [1.82, 2.24) is 10.2 Å². The first kappa shape index (κ1) is 15.2. The molecule has 2 atom stereocenters. The summed E-state index contributed by atoms with van der Waals surface area (Å²) in [6.45, 7) is 4.75. The largest absolute Gasteiger partial charge is 0.388 e. The van der Waals surface area contributed by atoms with Gasteiger partial charge in [-0.05, 0) is 44.2 Å². The highest BCUT2D eigenvalue weighted by molar-refractivity contribution is 7.98. The highest BCUT2D eigenvalue weighted by Gasteiger charge is 2.34. The minimum Gasteiger partial charge on any atom is -0.388 e. The van der Waals surface area contributed by atoms with Crippen LogP contribution in [0.4, 0.5) is 4.79 Å². The topological polar surface area (TPSA) is 52.6 Å². The summed E-state index contributed by atoms with van der Waals surface area (Å²) in [6.07, 6.45) is 2.68. The summed E-state index contributed by atoms with van der Waals surface area (Å²) < 4.78 is 0. The highest BCUT2D eigenvalue weighted by atomic mass is 32.2. The predicted molar refractivity (Wildman–Crippen MR) is 82.0 cm³/mol. The zero-order chi connectivity index (χ0) is 14.8. The molecule has 0 aromatic heterocycles. The van der Waals surface area contributed by atoms with Crippen LogP contribution in [0.5, 0.6) is 0 Å². The molecular weight excluding hydrogens is 272 g/mol. The number of benzene rings is 1. The maximum Gasteiger partial charge on any atom is 0.317 e. The zero-order valence-corrected chi connectivity index (χ0v) is 13.0. The first-order valence-corrected chi connectivity index (χ1v) is 8.05. The van der Waals surface area contributed by atoms with Gasteiger partial charge in [0.2, 0.25) is 0 Å². The van der Waals surface area contributed by atoms with Crippen LogP contribution in [0, 0.1) is 0 Å². The number of carbonyl (C=O) groups is 1. The van der Waals surface area contributed by atoms with Crippen molar-refractivity contribution >= 4 is 17.8 Å². The van der Waals surface area contributed by atoms with Crippen molar-refractivity contribution < 1.29 is 9.90 Å². The zero-order valence-electron chi connectivity index (χ0n) is 12.2. The lowest BCUT2D eigenvalue weighted by atomic mass is 10.1. The van der Waals surface area contributed by atoms with Crippen LogP contribution in [0.25, 0.3) is 0 Å². The Morgan fingerprint density at radius 2 is 2.10 bits per heavy atom. The summed E-state index contributed by atoms with van der Waals surface area (Å²) in [5.41, 5.74) is 0.336. The van der Waals surface area contributed by atoms with E-state index >= 15 is 0 Å². The van der Waals surface area contributed by atoms with E-state index in [1.807, 2.05) is 25.3 Å². The van der Waals surface area contributed by atoms with E-state index in [9.17, 15) is 9.90 Å². The van der Waals surface area contributed by atoms with E-state index in [0.29, 0.717) is 19.5 Å². The maximum atomic E-state index is 12.1. The number of carbonyl (C=O) groups excluding carboxylic acids is 1. The van der Waals surface area contributed by atoms with E-state index in [2.05, 4.69) is 17.4 Å². The summed E-state index contributed by atoms with van der Waals surface area (Å²) in [4.78, 5) is 15.0. The van der Waals surface area contributed by atoms with Gasteiger partial charge in [0.1, 0.15) is 0 Å². The van der Waals surface area contributed by atoms with Gasteiger partial charge in [0, 0.05) is 11.4 Å². The molecule has 1 aromatic rings. The SMILES string of the molecule is CSc1ccc([C@@H](C)NC(=O)N2CC[C@](C)(O)C2)cc1. The van der Waals surface area contributed by atoms with E-state index in [-0.39, 0.29) is 12.1 Å². The van der Waals surface area contributed by atoms with Crippen LogP contribution in [0.3, 0.4) is 0 Å². The smallest absolute Gasteiger partial charge is 0.317 e. The number of β-amino-alcohol motifs (C(OH)–C–C–N with tert-alkyl or cyclic N) is 1. The van der Waals surface area contributed by atoms with E-state index in [1.165, 1.54) is 4.90 Å². The van der Waals surface area contributed by atoms with Gasteiger partial charge in [-0.25, -0.2) is 4.79 Å². The standard InChI is InChI=1S/C15H22N2O2S/c1-11(12-4-6-13(20-3)7-5-12)16-14(18)17-9-8-15(2,19)10-17/h4-7,11,19H,8-10H2,1-3H3,(H,16,18)/t11-,15+/m1/s1. The number of nitrogens with one attached hydrogen (secondary N) is 1. The van der Waals surface area contributed by atoms with Crippen molar-refractivity contribution in [2.75, 3.05) is 19.3 Å². The minimum atomic E-state index is -0.749. The normalized spacial score (nSPS) is 23.7. The Hall–Kier alpha value is -1.20. The molecule has 20 heavy (non-hydrogen) atoms. The average Bonchev–Trinajstić information content (AvgIpc) is 2.79. The Labute approximate surface area is 124 Å². The number of aliphatic hydroxyl groups is 1. The molecule has 1 aromatic carbocycles. The molecule has 4 nitrogen and oxygen atoms in total. The van der Waals surface area contributed by atoms with Crippen molar-refractivity contribution in [1.29, 1.82) is 0 Å². The van der Waals surface area contributed by atoms with Crippen LogP contribution in [0.2, 0.25) is 0 Å². The van der Waals surface area contributed by atoms with Crippen molar-refractivity contribution in [3.8, 4) is 0 Å². The third-order valence-electron chi connectivity index (χ3n) is 3.69. The molecule has 1 saturated heterocycles. The van der Waals surface area contributed by atoms with Gasteiger partial charge in [0.05, 0.1) is 18.2 Å². The number of likely N-dealkylation sites (tertiary alicyclic amines) is 1. The monoisotopic (exact) mass is 294 g/mol. The van der Waals surface area contributed by atoms with Crippen LogP contribution in [-0.4, -0.2) is 41.0 Å². The number of hydrogen-bond donors (Lipinski definition) is 2. The molecule has 0 saturated carbocycles. The Bertz CT molecular complexity index is 473. The van der Waals surface area contributed by atoms with E-state index in [1.54, 1.807) is 23.6 Å². The molecule has 1 fully saturated rings. The van der Waals surface area contributed by atoms with Crippen molar-refractivity contribution in [2.24, 2.45) is 0 Å². The van der Waals surface area contributed by atoms with Gasteiger partial charge >= 0.3 is 6.03 Å². The van der Waals surface area contributed by atoms with Gasteiger partial charge in [-0.1, -0.05) is 12.1 Å². The second kappa shape index (κ2) is 6.06. The molecule has 2 amide bonds. The second-order valence-corrected chi connectivity index (χ2v) is 6.49. The van der Waals surface area contributed by atoms with Crippen LogP contribution in [0.1, 0.15) is 31.9 Å². The quantitative estimate of drug-likeness (QED) is 0.843. The number of hydrogen-bond acceptors (Lipinski definition) is 3. The van der Waals surface area contributed by atoms with Gasteiger partial charge in [-0.3, -0.25) is 0 Å². The number of amides is 2. The lowest BCUT2D eigenvalue weighted by molar-refractivity contribution is 0.0717. The molecule has 1 heterocycles. The summed E-state index contributed by atoms with van der Waals surface area (Å²) >= 11 is 1.70. The fourth-order valence-electron chi connectivity index (χ4n) is 2.37. The van der Waals surface area contributed by atoms with Gasteiger partial charge in [-0.2, -0.15) is 0 Å². The fraction of sp³-hybridized carbons (Fsp3) is 0.533. The minimum absolute atomic E-state index is 0.0380.